The van der Waals surface area contributed by atoms with E-state index in [2.05, 4.69) is 66.3 Å². The summed E-state index contributed by atoms with van der Waals surface area (Å²) in [6.07, 6.45) is 0. The summed E-state index contributed by atoms with van der Waals surface area (Å²) in [6, 6.07) is 4.70. The van der Waals surface area contributed by atoms with Crippen molar-refractivity contribution in [1.29, 1.82) is 0 Å². The Hall–Kier alpha value is -0.340. The van der Waals surface area contributed by atoms with Crippen LogP contribution in [-0.2, 0) is 0 Å². The monoisotopic (exact) mass is 308 g/mol. The predicted octanol–water partition coefficient (Wildman–Crippen LogP) is 6.60. The minimum absolute atomic E-state index is 0.482. The fourth-order valence-corrected chi connectivity index (χ4v) is 2.78. The van der Waals surface area contributed by atoms with Gasteiger partial charge in [-0.3, -0.25) is 0 Å². The van der Waals surface area contributed by atoms with Crippen molar-refractivity contribution in [3.05, 3.63) is 39.3 Å². The molecule has 112 valence electrons. The van der Waals surface area contributed by atoms with Crippen LogP contribution in [0.4, 0.5) is 0 Å². The Balaban J connectivity index is 3.73. The Kier molecular flexibility index (Phi) is 6.27. The molecule has 0 atom stereocenters. The molecule has 1 aromatic rings. The molecule has 0 aromatic heterocycles. The van der Waals surface area contributed by atoms with Crippen molar-refractivity contribution in [2.24, 2.45) is 0 Å². The Morgan fingerprint density at radius 2 is 1.20 bits per heavy atom. The SMILES string of the molecule is CC(S)=C(S)c1c(C(C)C)cc(C(C)C)cc1C(C)C. The lowest BCUT2D eigenvalue weighted by Crippen LogP contribution is -2.05. The highest BCUT2D eigenvalue weighted by atomic mass is 32.1. The molecule has 0 saturated heterocycles. The summed E-state index contributed by atoms with van der Waals surface area (Å²) in [4.78, 5) is 1.99. The van der Waals surface area contributed by atoms with Gasteiger partial charge >= 0.3 is 0 Å². The van der Waals surface area contributed by atoms with Crippen molar-refractivity contribution in [2.75, 3.05) is 0 Å². The normalized spacial score (nSPS) is 13.4. The van der Waals surface area contributed by atoms with Gasteiger partial charge in [0.25, 0.3) is 0 Å². The molecular weight excluding hydrogens is 280 g/mol. The highest BCUT2D eigenvalue weighted by molar-refractivity contribution is 7.93. The van der Waals surface area contributed by atoms with Gasteiger partial charge in [-0.15, -0.1) is 25.3 Å². The average molecular weight is 309 g/mol. The van der Waals surface area contributed by atoms with Crippen molar-refractivity contribution >= 4 is 30.2 Å². The van der Waals surface area contributed by atoms with Crippen LogP contribution in [0.15, 0.2) is 17.0 Å². The quantitative estimate of drug-likeness (QED) is 0.575. The summed E-state index contributed by atoms with van der Waals surface area (Å²) in [5, 5.41) is 0. The molecule has 0 saturated carbocycles. The molecule has 2 heteroatoms. The Labute approximate surface area is 135 Å². The van der Waals surface area contributed by atoms with Crippen LogP contribution in [0.1, 0.15) is 88.5 Å². The van der Waals surface area contributed by atoms with Gasteiger partial charge in [-0.1, -0.05) is 53.7 Å². The molecule has 0 unspecified atom stereocenters. The highest BCUT2D eigenvalue weighted by Gasteiger charge is 2.19. The van der Waals surface area contributed by atoms with E-state index in [1.165, 1.54) is 22.3 Å². The third kappa shape index (κ3) is 3.85. The standard InChI is InChI=1S/C18H28S2/c1-10(2)14-8-15(11(3)4)17(18(20)13(7)19)16(9-14)12(5)6/h8-12,19-20H,1-7H3. The van der Waals surface area contributed by atoms with E-state index in [0.29, 0.717) is 17.8 Å². The zero-order valence-corrected chi connectivity index (χ0v) is 15.6. The predicted molar refractivity (Wildman–Crippen MR) is 99.3 cm³/mol. The second-order valence-electron chi connectivity index (χ2n) is 6.47. The van der Waals surface area contributed by atoms with Gasteiger partial charge in [-0.2, -0.15) is 0 Å². The lowest BCUT2D eigenvalue weighted by atomic mass is 9.84. The molecule has 0 fully saturated rings. The van der Waals surface area contributed by atoms with E-state index >= 15 is 0 Å². The lowest BCUT2D eigenvalue weighted by molar-refractivity contribution is 0.800. The van der Waals surface area contributed by atoms with Gasteiger partial charge in [0.05, 0.1) is 0 Å². The van der Waals surface area contributed by atoms with Gasteiger partial charge in [0.15, 0.2) is 0 Å². The number of thiol groups is 2. The Morgan fingerprint density at radius 1 is 0.800 bits per heavy atom. The largest absolute Gasteiger partial charge is 0.147 e. The molecule has 0 amide bonds. The third-order valence-corrected chi connectivity index (χ3v) is 4.67. The summed E-state index contributed by atoms with van der Waals surface area (Å²) in [7, 11) is 0. The molecule has 0 N–H and O–H groups in total. The number of allylic oxidation sites excluding steroid dienone is 1. The molecule has 0 aliphatic heterocycles. The molecule has 0 nitrogen and oxygen atoms in total. The first-order chi connectivity index (χ1) is 9.16. The topological polar surface area (TPSA) is 0 Å². The van der Waals surface area contributed by atoms with E-state index in [1.807, 2.05) is 6.92 Å². The highest BCUT2D eigenvalue weighted by Crippen LogP contribution is 2.39. The maximum absolute atomic E-state index is 4.73. The molecule has 1 aromatic carbocycles. The van der Waals surface area contributed by atoms with E-state index < -0.39 is 0 Å². The van der Waals surface area contributed by atoms with Crippen molar-refractivity contribution < 1.29 is 0 Å². The number of hydrogen-bond donors (Lipinski definition) is 2. The maximum atomic E-state index is 4.73. The molecule has 0 aliphatic carbocycles. The summed E-state index contributed by atoms with van der Waals surface area (Å²) in [5.41, 5.74) is 5.48. The first-order valence-corrected chi connectivity index (χ1v) is 8.33. The minimum Gasteiger partial charge on any atom is -0.147 e. The number of rotatable bonds is 4. The Morgan fingerprint density at radius 3 is 1.45 bits per heavy atom. The second kappa shape index (κ2) is 7.09. The van der Waals surface area contributed by atoms with Crippen LogP contribution in [0.5, 0.6) is 0 Å². The molecule has 0 radical (unpaired) electrons. The smallest absolute Gasteiger partial charge is 0.0208 e. The van der Waals surface area contributed by atoms with Crippen LogP contribution < -0.4 is 0 Å². The Bertz CT molecular complexity index is 475. The molecule has 20 heavy (non-hydrogen) atoms. The molecule has 1 rings (SSSR count). The van der Waals surface area contributed by atoms with Gasteiger partial charge in [-0.25, -0.2) is 0 Å². The number of hydrogen-bond acceptors (Lipinski definition) is 2. The molecule has 0 aliphatic rings. The zero-order valence-electron chi connectivity index (χ0n) is 13.8. The minimum atomic E-state index is 0.482. The van der Waals surface area contributed by atoms with Gasteiger partial charge in [0.2, 0.25) is 0 Å². The lowest BCUT2D eigenvalue weighted by Gasteiger charge is -2.23. The fraction of sp³-hybridized carbons (Fsp3) is 0.556. The fourth-order valence-electron chi connectivity index (χ4n) is 2.41. The zero-order chi connectivity index (χ0) is 15.6. The van der Waals surface area contributed by atoms with E-state index in [1.54, 1.807) is 0 Å². The van der Waals surface area contributed by atoms with E-state index in [9.17, 15) is 0 Å². The van der Waals surface area contributed by atoms with Crippen LogP contribution in [0, 0.1) is 0 Å². The van der Waals surface area contributed by atoms with Gasteiger partial charge < -0.3 is 0 Å². The van der Waals surface area contributed by atoms with E-state index in [4.69, 9.17) is 12.6 Å². The average Bonchev–Trinajstić information content (AvgIpc) is 2.35. The van der Waals surface area contributed by atoms with Gasteiger partial charge in [0, 0.05) is 4.91 Å². The van der Waals surface area contributed by atoms with Crippen molar-refractivity contribution in [3.8, 4) is 0 Å². The summed E-state index contributed by atoms with van der Waals surface area (Å²) >= 11 is 9.24. The second-order valence-corrected chi connectivity index (χ2v) is 7.59. The van der Waals surface area contributed by atoms with Crippen LogP contribution in [-0.4, -0.2) is 0 Å². The summed E-state index contributed by atoms with van der Waals surface area (Å²) in [6.45, 7) is 15.5. The van der Waals surface area contributed by atoms with Gasteiger partial charge in [-0.05, 0) is 51.8 Å². The third-order valence-electron chi connectivity index (χ3n) is 3.71. The van der Waals surface area contributed by atoms with Crippen LogP contribution in [0.3, 0.4) is 0 Å². The molecule has 0 spiro atoms. The van der Waals surface area contributed by atoms with E-state index in [-0.39, 0.29) is 0 Å². The first kappa shape index (κ1) is 17.7. The van der Waals surface area contributed by atoms with Crippen molar-refractivity contribution in [3.63, 3.8) is 0 Å². The van der Waals surface area contributed by atoms with Crippen molar-refractivity contribution in [1.82, 2.24) is 0 Å². The number of benzene rings is 1. The van der Waals surface area contributed by atoms with Crippen LogP contribution in [0.25, 0.3) is 4.91 Å². The molecular formula is C18H28S2. The van der Waals surface area contributed by atoms with Gasteiger partial charge in [0.1, 0.15) is 0 Å². The van der Waals surface area contributed by atoms with Crippen LogP contribution >= 0.6 is 25.3 Å². The maximum Gasteiger partial charge on any atom is 0.0208 e. The van der Waals surface area contributed by atoms with Crippen LogP contribution in [0.2, 0.25) is 0 Å². The summed E-state index contributed by atoms with van der Waals surface area (Å²) in [5.74, 6) is 1.51. The molecule has 0 heterocycles. The van der Waals surface area contributed by atoms with Crippen molar-refractivity contribution in [2.45, 2.75) is 66.2 Å². The van der Waals surface area contributed by atoms with E-state index in [0.717, 1.165) is 9.81 Å². The molecule has 0 bridgehead atoms. The summed E-state index contributed by atoms with van der Waals surface area (Å²) < 4.78 is 0. The first-order valence-electron chi connectivity index (χ1n) is 7.43.